The number of amides is 2. The lowest BCUT2D eigenvalue weighted by atomic mass is 10.1. The van der Waals surface area contributed by atoms with Gasteiger partial charge in [-0.05, 0) is 85.6 Å². The van der Waals surface area contributed by atoms with E-state index in [1.165, 1.54) is 36.8 Å². The summed E-state index contributed by atoms with van der Waals surface area (Å²) in [6, 6.07) is 30.2. The molecule has 0 saturated carbocycles. The van der Waals surface area contributed by atoms with E-state index in [9.17, 15) is 9.59 Å². The van der Waals surface area contributed by atoms with E-state index in [1.807, 2.05) is 97.1 Å². The first-order valence-electron chi connectivity index (χ1n) is 17.0. The molecule has 2 N–H and O–H groups in total. The van der Waals surface area contributed by atoms with Gasteiger partial charge in [0.05, 0.1) is 52.7 Å². The van der Waals surface area contributed by atoms with Crippen LogP contribution in [0.4, 0.5) is 22.7 Å². The Balaban J connectivity index is 1.25. The van der Waals surface area contributed by atoms with E-state index in [1.54, 1.807) is 0 Å². The van der Waals surface area contributed by atoms with Gasteiger partial charge in [-0.2, -0.15) is 10.2 Å². The minimum absolute atomic E-state index is 0.152. The van der Waals surface area contributed by atoms with Crippen molar-refractivity contribution < 1.29 is 18.6 Å². The Bertz CT molecular complexity index is 1520. The molecule has 0 saturated heterocycles. The Morgan fingerprint density at radius 2 is 0.854 bits per heavy atom. The average molecular weight is 649 g/mol. The number of nitrogens with zero attached hydrogens (tertiary/aromatic N) is 4. The van der Waals surface area contributed by atoms with E-state index in [2.05, 4.69) is 62.9 Å². The van der Waals surface area contributed by atoms with Crippen molar-refractivity contribution in [2.24, 2.45) is 10.2 Å². The summed E-state index contributed by atoms with van der Waals surface area (Å²) in [6.07, 6.45) is 4.79. The predicted molar refractivity (Wildman–Crippen MR) is 197 cm³/mol. The largest absolute Gasteiger partial charge is 0.325 e. The van der Waals surface area contributed by atoms with E-state index in [-0.39, 0.29) is 11.8 Å². The molecular formula is C40H52N6O2+2. The first-order valence-corrected chi connectivity index (χ1v) is 17.0. The second-order valence-electron chi connectivity index (χ2n) is 13.9. The fraction of sp³-hybridized carbons (Fsp3) is 0.350. The highest BCUT2D eigenvalue weighted by molar-refractivity contribution is 6.05. The van der Waals surface area contributed by atoms with Gasteiger partial charge in [0, 0.05) is 33.6 Å². The second kappa shape index (κ2) is 16.9. The summed E-state index contributed by atoms with van der Waals surface area (Å²) in [5.41, 5.74) is 6.38. The molecule has 0 aliphatic carbocycles. The first-order chi connectivity index (χ1) is 22.9. The maximum absolute atomic E-state index is 12.8. The summed E-state index contributed by atoms with van der Waals surface area (Å²) in [4.78, 5) is 25.7. The van der Waals surface area contributed by atoms with Crippen LogP contribution in [0.1, 0.15) is 71.4 Å². The molecule has 0 aromatic heterocycles. The van der Waals surface area contributed by atoms with Crippen LogP contribution in [-0.2, 0) is 13.1 Å². The van der Waals surface area contributed by atoms with Gasteiger partial charge in [0.2, 0.25) is 0 Å². The van der Waals surface area contributed by atoms with Gasteiger partial charge in [-0.3, -0.25) is 9.59 Å². The highest BCUT2D eigenvalue weighted by Crippen LogP contribution is 2.23. The molecule has 4 rings (SSSR count). The van der Waals surface area contributed by atoms with Gasteiger partial charge < -0.3 is 19.6 Å². The molecule has 0 aliphatic rings. The SMILES string of the molecule is CCCC[N+](C)(C)Cc1ccc(C(=O)Nc2ccc(/N=N/c3ccc(NC(=O)c4ccc(C[N+](C)(C)CCCC)cc4)cc3)cc2)cc1. The lowest BCUT2D eigenvalue weighted by Crippen LogP contribution is -2.39. The summed E-state index contributed by atoms with van der Waals surface area (Å²) in [5, 5.41) is 14.6. The van der Waals surface area contributed by atoms with Gasteiger partial charge in [0.25, 0.3) is 11.8 Å². The van der Waals surface area contributed by atoms with E-state index in [0.29, 0.717) is 33.9 Å². The van der Waals surface area contributed by atoms with Crippen LogP contribution in [0, 0.1) is 0 Å². The van der Waals surface area contributed by atoms with Crippen molar-refractivity contribution in [1.29, 1.82) is 0 Å². The fourth-order valence-corrected chi connectivity index (χ4v) is 5.59. The smallest absolute Gasteiger partial charge is 0.255 e. The summed E-state index contributed by atoms with van der Waals surface area (Å²) in [7, 11) is 8.98. The monoisotopic (exact) mass is 648 g/mol. The Labute approximate surface area is 286 Å². The zero-order valence-electron chi connectivity index (χ0n) is 29.5. The Kier molecular flexibility index (Phi) is 12.8. The van der Waals surface area contributed by atoms with Crippen LogP contribution >= 0.6 is 0 Å². The third kappa shape index (κ3) is 11.5. The average Bonchev–Trinajstić information content (AvgIpc) is 3.07. The van der Waals surface area contributed by atoms with Crippen molar-refractivity contribution in [2.75, 3.05) is 51.9 Å². The number of quaternary nitrogens is 2. The maximum Gasteiger partial charge on any atom is 0.255 e. The van der Waals surface area contributed by atoms with Crippen LogP contribution in [0.2, 0.25) is 0 Å². The molecule has 8 heteroatoms. The normalized spacial score (nSPS) is 11.9. The number of azo groups is 1. The van der Waals surface area contributed by atoms with Gasteiger partial charge in [-0.15, -0.1) is 0 Å². The molecule has 0 spiro atoms. The van der Waals surface area contributed by atoms with Crippen molar-refractivity contribution in [3.63, 3.8) is 0 Å². The molecule has 4 aromatic rings. The van der Waals surface area contributed by atoms with Crippen molar-refractivity contribution in [1.82, 2.24) is 0 Å². The lowest BCUT2D eigenvalue weighted by molar-refractivity contribution is -0.903. The molecule has 252 valence electrons. The van der Waals surface area contributed by atoms with Gasteiger partial charge in [-0.1, -0.05) is 51.0 Å². The maximum atomic E-state index is 12.8. The molecule has 2 amide bonds. The number of anilines is 2. The number of carbonyl (C=O) groups excluding carboxylic acids is 2. The topological polar surface area (TPSA) is 82.9 Å². The fourth-order valence-electron chi connectivity index (χ4n) is 5.59. The number of benzene rings is 4. The van der Waals surface area contributed by atoms with Crippen LogP contribution in [0.25, 0.3) is 0 Å². The zero-order valence-corrected chi connectivity index (χ0v) is 29.5. The summed E-state index contributed by atoms with van der Waals surface area (Å²) in [6.45, 7) is 8.57. The summed E-state index contributed by atoms with van der Waals surface area (Å²) in [5.74, 6) is -0.304. The van der Waals surface area contributed by atoms with Crippen LogP contribution < -0.4 is 10.6 Å². The predicted octanol–water partition coefficient (Wildman–Crippen LogP) is 9.36. The van der Waals surface area contributed by atoms with Crippen LogP contribution in [0.5, 0.6) is 0 Å². The molecule has 48 heavy (non-hydrogen) atoms. The molecule has 0 aliphatic heterocycles. The van der Waals surface area contributed by atoms with Gasteiger partial charge >= 0.3 is 0 Å². The van der Waals surface area contributed by atoms with Gasteiger partial charge in [-0.25, -0.2) is 0 Å². The van der Waals surface area contributed by atoms with Gasteiger partial charge in [0.1, 0.15) is 13.1 Å². The minimum Gasteiger partial charge on any atom is -0.325 e. The van der Waals surface area contributed by atoms with Crippen molar-refractivity contribution in [3.8, 4) is 0 Å². The third-order valence-electron chi connectivity index (χ3n) is 8.42. The quantitative estimate of drug-likeness (QED) is 0.0938. The summed E-state index contributed by atoms with van der Waals surface area (Å²) < 4.78 is 1.86. The first kappa shape index (κ1) is 36.2. The lowest BCUT2D eigenvalue weighted by Gasteiger charge is -2.29. The minimum atomic E-state index is -0.152. The standard InChI is InChI=1S/C40H50N6O2/c1-7-9-27-45(3,4)29-31-11-15-33(16-12-31)39(47)41-35-19-23-37(24-20-35)43-44-38-25-21-36(22-26-38)42-40(48)34-17-13-32(14-18-34)30-46(5,6)28-10-8-2/h11-26H,7-10,27-30H2,1-6H3/p+2. The van der Waals surface area contributed by atoms with Gasteiger partial charge in [0.15, 0.2) is 0 Å². The second-order valence-corrected chi connectivity index (χ2v) is 13.9. The van der Waals surface area contributed by atoms with Crippen LogP contribution in [-0.4, -0.2) is 62.1 Å². The summed E-state index contributed by atoms with van der Waals surface area (Å²) >= 11 is 0. The molecular weight excluding hydrogens is 596 g/mol. The molecule has 0 bridgehead atoms. The molecule has 0 unspecified atom stereocenters. The van der Waals surface area contributed by atoms with E-state index in [0.717, 1.165) is 35.1 Å². The zero-order chi connectivity index (χ0) is 34.6. The van der Waals surface area contributed by atoms with E-state index < -0.39 is 0 Å². The molecule has 0 radical (unpaired) electrons. The highest BCUT2D eigenvalue weighted by Gasteiger charge is 2.17. The number of rotatable bonds is 16. The van der Waals surface area contributed by atoms with Crippen molar-refractivity contribution in [3.05, 3.63) is 119 Å². The van der Waals surface area contributed by atoms with Crippen molar-refractivity contribution in [2.45, 2.75) is 52.6 Å². The van der Waals surface area contributed by atoms with Crippen LogP contribution in [0.3, 0.4) is 0 Å². The number of unbranched alkanes of at least 4 members (excludes halogenated alkanes) is 2. The molecule has 0 heterocycles. The molecule has 0 atom stereocenters. The number of hydrogen-bond donors (Lipinski definition) is 2. The third-order valence-corrected chi connectivity index (χ3v) is 8.42. The number of nitrogens with one attached hydrogen (secondary N) is 2. The number of carbonyl (C=O) groups is 2. The Morgan fingerprint density at radius 1 is 0.521 bits per heavy atom. The Morgan fingerprint density at radius 3 is 1.17 bits per heavy atom. The Hall–Kier alpha value is -4.66. The van der Waals surface area contributed by atoms with E-state index in [4.69, 9.17) is 0 Å². The van der Waals surface area contributed by atoms with Crippen LogP contribution in [0.15, 0.2) is 107 Å². The highest BCUT2D eigenvalue weighted by atomic mass is 16.2. The molecule has 8 nitrogen and oxygen atoms in total. The van der Waals surface area contributed by atoms with E-state index >= 15 is 0 Å². The molecule has 4 aromatic carbocycles. The molecule has 0 fully saturated rings. The number of hydrogen-bond acceptors (Lipinski definition) is 4. The van der Waals surface area contributed by atoms with Crippen molar-refractivity contribution >= 4 is 34.6 Å².